The number of fused-ring (bicyclic) bond motifs is 1. The van der Waals surface area contributed by atoms with Crippen LogP contribution in [-0.4, -0.2) is 39.2 Å². The Hall–Kier alpha value is -1.80. The largest absolute Gasteiger partial charge is 0.424 e. The molecule has 1 aromatic heterocycles. The monoisotopic (exact) mass is 297 g/mol. The van der Waals surface area contributed by atoms with E-state index in [1.807, 2.05) is 13.2 Å². The van der Waals surface area contributed by atoms with E-state index < -0.39 is 4.92 Å². The Bertz CT molecular complexity index is 612. The number of aliphatic hydroxyl groups excluding tert-OH is 1. The lowest BCUT2D eigenvalue weighted by atomic mass is 10.2. The number of rotatable bonds is 6. The fourth-order valence-corrected chi connectivity index (χ4v) is 2.44. The fraction of sp³-hybridized carbons (Fsp3) is 0.417. The summed E-state index contributed by atoms with van der Waals surface area (Å²) in [5, 5.41) is 23.0. The van der Waals surface area contributed by atoms with Crippen LogP contribution in [0.2, 0.25) is 0 Å². The lowest BCUT2D eigenvalue weighted by Crippen LogP contribution is -2.31. The molecule has 1 aromatic carbocycles. The quantitative estimate of drug-likeness (QED) is 0.623. The van der Waals surface area contributed by atoms with Crippen molar-refractivity contribution in [3.63, 3.8) is 0 Å². The number of nitro groups is 1. The van der Waals surface area contributed by atoms with Gasteiger partial charge in [0, 0.05) is 23.4 Å². The highest BCUT2D eigenvalue weighted by atomic mass is 32.2. The van der Waals surface area contributed by atoms with E-state index in [0.29, 0.717) is 17.1 Å². The molecule has 1 heterocycles. The summed E-state index contributed by atoms with van der Waals surface area (Å²) in [6, 6.07) is 4.51. The first kappa shape index (κ1) is 14.6. The van der Waals surface area contributed by atoms with E-state index in [9.17, 15) is 15.2 Å². The number of oxazole rings is 1. The zero-order valence-corrected chi connectivity index (χ0v) is 11.9. The Kier molecular flexibility index (Phi) is 4.46. The molecule has 2 rings (SSSR count). The molecule has 2 aromatic rings. The first-order valence-corrected chi connectivity index (χ1v) is 7.29. The molecule has 0 spiro atoms. The van der Waals surface area contributed by atoms with Gasteiger partial charge in [-0.05, 0) is 19.2 Å². The zero-order chi connectivity index (χ0) is 14.7. The molecule has 0 radical (unpaired) electrons. The second-order valence-electron chi connectivity index (χ2n) is 4.32. The number of hydrogen-bond acceptors (Lipinski definition) is 7. The van der Waals surface area contributed by atoms with Crippen molar-refractivity contribution in [2.45, 2.75) is 18.2 Å². The molecule has 0 aliphatic heterocycles. The van der Waals surface area contributed by atoms with Crippen LogP contribution in [0, 0.1) is 10.1 Å². The predicted molar refractivity (Wildman–Crippen MR) is 78.1 cm³/mol. The molecule has 0 amide bonds. The van der Waals surface area contributed by atoms with E-state index in [1.165, 1.54) is 30.0 Å². The number of anilines is 1. The number of benzene rings is 1. The average molecular weight is 297 g/mol. The van der Waals surface area contributed by atoms with Gasteiger partial charge in [-0.1, -0.05) is 0 Å². The van der Waals surface area contributed by atoms with Crippen molar-refractivity contribution in [1.82, 2.24) is 4.98 Å². The van der Waals surface area contributed by atoms with Gasteiger partial charge in [0.1, 0.15) is 5.52 Å². The SMILES string of the molecule is CSC(CO)C(C)Nc1nc2cc([N+](=O)[O-])ccc2o1. The lowest BCUT2D eigenvalue weighted by molar-refractivity contribution is -0.384. The summed E-state index contributed by atoms with van der Waals surface area (Å²) in [5.41, 5.74) is 0.886. The highest BCUT2D eigenvalue weighted by molar-refractivity contribution is 7.99. The summed E-state index contributed by atoms with van der Waals surface area (Å²) in [5.74, 6) is 0. The third-order valence-corrected chi connectivity index (χ3v) is 4.14. The number of aromatic nitrogens is 1. The van der Waals surface area contributed by atoms with Crippen molar-refractivity contribution >= 4 is 34.6 Å². The fourth-order valence-electron chi connectivity index (χ4n) is 1.82. The summed E-state index contributed by atoms with van der Waals surface area (Å²) < 4.78 is 5.48. The van der Waals surface area contributed by atoms with Gasteiger partial charge in [-0.25, -0.2) is 0 Å². The first-order chi connectivity index (χ1) is 9.55. The predicted octanol–water partition coefficient (Wildman–Crippen LogP) is 2.26. The van der Waals surface area contributed by atoms with Gasteiger partial charge in [-0.15, -0.1) is 0 Å². The highest BCUT2D eigenvalue weighted by Crippen LogP contribution is 2.24. The summed E-state index contributed by atoms with van der Waals surface area (Å²) in [4.78, 5) is 14.4. The van der Waals surface area contributed by atoms with Gasteiger partial charge in [-0.2, -0.15) is 16.7 Å². The maximum absolute atomic E-state index is 10.7. The van der Waals surface area contributed by atoms with E-state index in [1.54, 1.807) is 0 Å². The molecule has 108 valence electrons. The molecule has 2 unspecified atom stereocenters. The Labute approximate surface area is 119 Å². The number of aliphatic hydroxyl groups is 1. The first-order valence-electron chi connectivity index (χ1n) is 6.00. The van der Waals surface area contributed by atoms with E-state index in [4.69, 9.17) is 4.42 Å². The van der Waals surface area contributed by atoms with Crippen LogP contribution in [0.25, 0.3) is 11.1 Å². The van der Waals surface area contributed by atoms with Crippen LogP contribution < -0.4 is 5.32 Å². The summed E-state index contributed by atoms with van der Waals surface area (Å²) in [6.45, 7) is 1.95. The van der Waals surface area contributed by atoms with E-state index >= 15 is 0 Å². The van der Waals surface area contributed by atoms with Crippen LogP contribution >= 0.6 is 11.8 Å². The van der Waals surface area contributed by atoms with Gasteiger partial charge in [0.2, 0.25) is 0 Å². The van der Waals surface area contributed by atoms with Gasteiger partial charge in [-0.3, -0.25) is 10.1 Å². The Morgan fingerprint density at radius 2 is 2.35 bits per heavy atom. The van der Waals surface area contributed by atoms with Crippen LogP contribution in [-0.2, 0) is 0 Å². The molecule has 0 bridgehead atoms. The topological polar surface area (TPSA) is 101 Å². The van der Waals surface area contributed by atoms with E-state index in [-0.39, 0.29) is 23.6 Å². The zero-order valence-electron chi connectivity index (χ0n) is 11.1. The molecule has 8 heteroatoms. The molecule has 0 saturated carbocycles. The second-order valence-corrected chi connectivity index (χ2v) is 5.39. The lowest BCUT2D eigenvalue weighted by Gasteiger charge is -2.19. The van der Waals surface area contributed by atoms with Crippen molar-refractivity contribution in [3.05, 3.63) is 28.3 Å². The molecule has 0 fully saturated rings. The molecule has 7 nitrogen and oxygen atoms in total. The van der Waals surface area contributed by atoms with Crippen molar-refractivity contribution < 1.29 is 14.4 Å². The molecular formula is C12H15N3O4S. The maximum Gasteiger partial charge on any atom is 0.295 e. The minimum atomic E-state index is -0.473. The molecule has 0 aliphatic rings. The number of hydrogen-bond donors (Lipinski definition) is 2. The minimum Gasteiger partial charge on any atom is -0.424 e. The van der Waals surface area contributed by atoms with E-state index in [0.717, 1.165) is 0 Å². The third kappa shape index (κ3) is 3.02. The summed E-state index contributed by atoms with van der Waals surface area (Å²) >= 11 is 1.54. The number of nitrogens with zero attached hydrogens (tertiary/aromatic N) is 2. The van der Waals surface area contributed by atoms with Crippen LogP contribution in [0.3, 0.4) is 0 Å². The van der Waals surface area contributed by atoms with Crippen LogP contribution in [0.4, 0.5) is 11.7 Å². The van der Waals surface area contributed by atoms with Crippen LogP contribution in [0.1, 0.15) is 6.92 Å². The molecule has 0 saturated heterocycles. The number of nitro benzene ring substituents is 1. The molecule has 0 aliphatic carbocycles. The standard InChI is InChI=1S/C12H15N3O4S/c1-7(11(6-16)20-2)13-12-14-9-5-8(15(17)18)3-4-10(9)19-12/h3-5,7,11,16H,6H2,1-2H3,(H,13,14). The second kappa shape index (κ2) is 6.10. The van der Waals surface area contributed by atoms with Gasteiger partial charge in [0.25, 0.3) is 11.7 Å². The Morgan fingerprint density at radius 3 is 2.95 bits per heavy atom. The molecule has 2 N–H and O–H groups in total. The van der Waals surface area contributed by atoms with E-state index in [2.05, 4.69) is 10.3 Å². The third-order valence-electron chi connectivity index (χ3n) is 2.97. The van der Waals surface area contributed by atoms with Gasteiger partial charge in [0.15, 0.2) is 5.58 Å². The Balaban J connectivity index is 2.21. The van der Waals surface area contributed by atoms with Gasteiger partial charge < -0.3 is 14.8 Å². The molecule has 20 heavy (non-hydrogen) atoms. The van der Waals surface area contributed by atoms with Crippen molar-refractivity contribution in [2.75, 3.05) is 18.2 Å². The summed E-state index contributed by atoms with van der Waals surface area (Å²) in [7, 11) is 0. The van der Waals surface area contributed by atoms with Gasteiger partial charge >= 0.3 is 0 Å². The van der Waals surface area contributed by atoms with Gasteiger partial charge in [0.05, 0.1) is 11.5 Å². The van der Waals surface area contributed by atoms with Crippen molar-refractivity contribution in [2.24, 2.45) is 0 Å². The molecular weight excluding hydrogens is 282 g/mol. The number of non-ortho nitro benzene ring substituents is 1. The van der Waals surface area contributed by atoms with Crippen LogP contribution in [0.5, 0.6) is 0 Å². The number of thioether (sulfide) groups is 1. The van der Waals surface area contributed by atoms with Crippen molar-refractivity contribution in [3.8, 4) is 0 Å². The smallest absolute Gasteiger partial charge is 0.295 e. The molecule has 2 atom stereocenters. The summed E-state index contributed by atoms with van der Waals surface area (Å²) in [6.07, 6.45) is 1.91. The number of nitrogens with one attached hydrogen (secondary N) is 1. The average Bonchev–Trinajstić information content (AvgIpc) is 2.80. The van der Waals surface area contributed by atoms with Crippen LogP contribution in [0.15, 0.2) is 22.6 Å². The highest BCUT2D eigenvalue weighted by Gasteiger charge is 2.18. The van der Waals surface area contributed by atoms with Crippen molar-refractivity contribution in [1.29, 1.82) is 0 Å². The normalized spacial score (nSPS) is 14.2. The minimum absolute atomic E-state index is 0.0133. The maximum atomic E-state index is 10.7. The Morgan fingerprint density at radius 1 is 1.60 bits per heavy atom.